The summed E-state index contributed by atoms with van der Waals surface area (Å²) >= 11 is 0. The molecule has 0 bridgehead atoms. The Morgan fingerprint density at radius 1 is 1.09 bits per heavy atom. The molecule has 1 fully saturated rings. The molecule has 10 heteroatoms. The molecule has 0 aliphatic heterocycles. The largest absolute Gasteiger partial charge is 0.497 e. The number of methoxy groups -OCH3 is 1. The number of hydrogen-bond acceptors (Lipinski definition) is 8. The van der Waals surface area contributed by atoms with E-state index in [1.807, 2.05) is 6.92 Å². The van der Waals surface area contributed by atoms with E-state index in [0.717, 1.165) is 0 Å². The van der Waals surface area contributed by atoms with Gasteiger partial charge in [0.25, 0.3) is 5.91 Å². The lowest BCUT2D eigenvalue weighted by molar-refractivity contribution is -0.124. The minimum Gasteiger partial charge on any atom is -0.497 e. The number of benzene rings is 1. The van der Waals surface area contributed by atoms with Crippen LogP contribution in [-0.2, 0) is 4.79 Å². The van der Waals surface area contributed by atoms with Gasteiger partial charge in [0, 0.05) is 18.5 Å². The van der Waals surface area contributed by atoms with Gasteiger partial charge in [0.1, 0.15) is 23.4 Å². The SMILES string of the molecule is COc1ccc(Oc2ccc([C@@H](C)NC(=O)C3(NC(=O)c4cncnc4)CC3)nc2)c(N)c1. The van der Waals surface area contributed by atoms with Gasteiger partial charge in [0.15, 0.2) is 5.75 Å². The second-order valence-electron chi connectivity index (χ2n) is 7.78. The lowest BCUT2D eigenvalue weighted by Crippen LogP contribution is -2.49. The summed E-state index contributed by atoms with van der Waals surface area (Å²) < 4.78 is 10.9. The van der Waals surface area contributed by atoms with E-state index in [4.69, 9.17) is 15.2 Å². The Morgan fingerprint density at radius 3 is 2.42 bits per heavy atom. The van der Waals surface area contributed by atoms with Crippen LogP contribution >= 0.6 is 0 Å². The Bertz CT molecular complexity index is 1150. The van der Waals surface area contributed by atoms with Crippen molar-refractivity contribution < 1.29 is 19.1 Å². The Morgan fingerprint density at radius 2 is 1.82 bits per heavy atom. The zero-order valence-corrected chi connectivity index (χ0v) is 18.2. The third-order valence-corrected chi connectivity index (χ3v) is 5.36. The lowest BCUT2D eigenvalue weighted by atomic mass is 10.1. The highest BCUT2D eigenvalue weighted by atomic mass is 16.5. The standard InChI is InChI=1S/C23H24N6O4/c1-14(28-22(31)23(7-8-23)29-21(30)15-10-25-13-26-11-15)19-5-3-17(12-27-19)33-20-6-4-16(32-2)9-18(20)24/h3-6,9-14H,7-8,24H2,1-2H3,(H,28,31)(H,29,30)/t14-/m1/s1. The number of aromatic nitrogens is 3. The summed E-state index contributed by atoms with van der Waals surface area (Å²) in [6.07, 6.45) is 6.85. The first-order valence-electron chi connectivity index (χ1n) is 10.4. The Balaban J connectivity index is 1.36. The molecule has 1 aliphatic carbocycles. The second kappa shape index (κ2) is 9.11. The number of carbonyl (C=O) groups is 2. The first kappa shape index (κ1) is 22.0. The van der Waals surface area contributed by atoms with Crippen LogP contribution in [0.1, 0.15) is 41.9 Å². The van der Waals surface area contributed by atoms with E-state index >= 15 is 0 Å². The average Bonchev–Trinajstić information content (AvgIpc) is 3.62. The molecule has 170 valence electrons. The summed E-state index contributed by atoms with van der Waals surface area (Å²) in [7, 11) is 1.56. The van der Waals surface area contributed by atoms with Crippen molar-refractivity contribution in [2.45, 2.75) is 31.3 Å². The van der Waals surface area contributed by atoms with Gasteiger partial charge in [-0.3, -0.25) is 14.6 Å². The van der Waals surface area contributed by atoms with Crippen molar-refractivity contribution in [3.8, 4) is 17.2 Å². The summed E-state index contributed by atoms with van der Waals surface area (Å²) in [4.78, 5) is 37.3. The maximum atomic E-state index is 12.8. The predicted molar refractivity (Wildman–Crippen MR) is 120 cm³/mol. The number of pyridine rings is 1. The normalized spacial score (nSPS) is 14.6. The maximum absolute atomic E-state index is 12.8. The highest BCUT2D eigenvalue weighted by Gasteiger charge is 2.51. The van der Waals surface area contributed by atoms with E-state index in [1.165, 1.54) is 18.7 Å². The average molecular weight is 448 g/mol. The molecule has 3 aromatic rings. The first-order chi connectivity index (χ1) is 15.9. The summed E-state index contributed by atoms with van der Waals surface area (Å²) in [6.45, 7) is 1.82. The van der Waals surface area contributed by atoms with Crippen molar-refractivity contribution in [3.63, 3.8) is 0 Å². The van der Waals surface area contributed by atoms with Gasteiger partial charge in [-0.25, -0.2) is 9.97 Å². The molecular weight excluding hydrogens is 424 g/mol. The first-order valence-corrected chi connectivity index (χ1v) is 10.4. The van der Waals surface area contributed by atoms with Gasteiger partial charge in [-0.05, 0) is 44.0 Å². The molecule has 0 radical (unpaired) electrons. The van der Waals surface area contributed by atoms with Gasteiger partial charge in [-0.1, -0.05) is 0 Å². The lowest BCUT2D eigenvalue weighted by Gasteiger charge is -2.20. The molecule has 0 saturated heterocycles. The minimum atomic E-state index is -0.921. The number of amides is 2. The van der Waals surface area contributed by atoms with Crippen LogP contribution in [-0.4, -0.2) is 39.4 Å². The quantitative estimate of drug-likeness (QED) is 0.446. The fraction of sp³-hybridized carbons (Fsp3) is 0.261. The number of nitrogens with two attached hydrogens (primary N) is 1. The van der Waals surface area contributed by atoms with E-state index in [1.54, 1.807) is 43.6 Å². The third-order valence-electron chi connectivity index (χ3n) is 5.36. The highest BCUT2D eigenvalue weighted by molar-refractivity contribution is 6.00. The molecule has 2 amide bonds. The van der Waals surface area contributed by atoms with Crippen molar-refractivity contribution >= 4 is 17.5 Å². The molecule has 2 heterocycles. The van der Waals surface area contributed by atoms with Crippen LogP contribution in [0.5, 0.6) is 17.2 Å². The van der Waals surface area contributed by atoms with Crippen LogP contribution in [0.4, 0.5) is 5.69 Å². The molecule has 1 aliphatic rings. The van der Waals surface area contributed by atoms with Crippen molar-refractivity contribution in [2.75, 3.05) is 12.8 Å². The zero-order chi connectivity index (χ0) is 23.4. The molecular formula is C23H24N6O4. The molecule has 1 saturated carbocycles. The molecule has 33 heavy (non-hydrogen) atoms. The summed E-state index contributed by atoms with van der Waals surface area (Å²) in [5, 5.41) is 5.72. The van der Waals surface area contributed by atoms with E-state index in [-0.39, 0.29) is 17.9 Å². The Kier molecular flexibility index (Phi) is 6.07. The number of hydrogen-bond donors (Lipinski definition) is 3. The molecule has 0 unspecified atom stereocenters. The topological polar surface area (TPSA) is 141 Å². The molecule has 0 spiro atoms. The summed E-state index contributed by atoms with van der Waals surface area (Å²) in [6, 6.07) is 8.29. The van der Waals surface area contributed by atoms with E-state index in [9.17, 15) is 9.59 Å². The van der Waals surface area contributed by atoms with Gasteiger partial charge in [-0.15, -0.1) is 0 Å². The van der Waals surface area contributed by atoms with Crippen molar-refractivity contribution in [1.82, 2.24) is 25.6 Å². The van der Waals surface area contributed by atoms with Crippen LogP contribution in [0.3, 0.4) is 0 Å². The number of carbonyl (C=O) groups excluding carboxylic acids is 2. The Labute approximate surface area is 190 Å². The third kappa shape index (κ3) is 5.00. The zero-order valence-electron chi connectivity index (χ0n) is 18.2. The number of ether oxygens (including phenoxy) is 2. The number of nitrogens with one attached hydrogen (secondary N) is 2. The van der Waals surface area contributed by atoms with E-state index in [0.29, 0.717) is 47.0 Å². The van der Waals surface area contributed by atoms with Crippen molar-refractivity contribution in [3.05, 3.63) is 66.5 Å². The van der Waals surface area contributed by atoms with Gasteiger partial charge in [-0.2, -0.15) is 0 Å². The van der Waals surface area contributed by atoms with Crippen LogP contribution < -0.4 is 25.8 Å². The van der Waals surface area contributed by atoms with Crippen molar-refractivity contribution in [2.24, 2.45) is 0 Å². The summed E-state index contributed by atoms with van der Waals surface area (Å²) in [5.41, 5.74) is 6.46. The molecule has 4 rings (SSSR count). The number of anilines is 1. The number of nitrogens with zero attached hydrogens (tertiary/aromatic N) is 3. The monoisotopic (exact) mass is 448 g/mol. The number of rotatable bonds is 8. The minimum absolute atomic E-state index is 0.256. The predicted octanol–water partition coefficient (Wildman–Crippen LogP) is 2.39. The number of nitrogen functional groups attached to an aromatic ring is 1. The second-order valence-corrected chi connectivity index (χ2v) is 7.78. The van der Waals surface area contributed by atoms with E-state index < -0.39 is 5.54 Å². The van der Waals surface area contributed by atoms with Crippen molar-refractivity contribution in [1.29, 1.82) is 0 Å². The van der Waals surface area contributed by atoms with Gasteiger partial charge in [0.2, 0.25) is 5.91 Å². The molecule has 4 N–H and O–H groups in total. The molecule has 2 aromatic heterocycles. The molecule has 1 atom stereocenters. The molecule has 1 aromatic carbocycles. The van der Waals surface area contributed by atoms with Gasteiger partial charge < -0.3 is 25.8 Å². The van der Waals surface area contributed by atoms with Gasteiger partial charge >= 0.3 is 0 Å². The Hall–Kier alpha value is -4.21. The van der Waals surface area contributed by atoms with E-state index in [2.05, 4.69) is 25.6 Å². The van der Waals surface area contributed by atoms with Crippen LogP contribution in [0.15, 0.2) is 55.2 Å². The maximum Gasteiger partial charge on any atom is 0.255 e. The van der Waals surface area contributed by atoms with Crippen LogP contribution in [0.25, 0.3) is 0 Å². The van der Waals surface area contributed by atoms with Gasteiger partial charge in [0.05, 0.1) is 36.3 Å². The highest BCUT2D eigenvalue weighted by Crippen LogP contribution is 2.36. The summed E-state index contributed by atoms with van der Waals surface area (Å²) in [5.74, 6) is 0.994. The fourth-order valence-electron chi connectivity index (χ4n) is 3.23. The molecule has 10 nitrogen and oxygen atoms in total. The smallest absolute Gasteiger partial charge is 0.255 e. The fourth-order valence-corrected chi connectivity index (χ4v) is 3.23. The van der Waals surface area contributed by atoms with Crippen LogP contribution in [0.2, 0.25) is 0 Å². The van der Waals surface area contributed by atoms with Crippen LogP contribution in [0, 0.1) is 0 Å².